The van der Waals surface area contributed by atoms with Crippen LogP contribution >= 0.6 is 0 Å². The van der Waals surface area contributed by atoms with Crippen LogP contribution in [0.4, 0.5) is 11.6 Å². The first-order valence-corrected chi connectivity index (χ1v) is 9.94. The zero-order valence-corrected chi connectivity index (χ0v) is 16.0. The van der Waals surface area contributed by atoms with Crippen LogP contribution in [0, 0.1) is 0 Å². The molecule has 0 bridgehead atoms. The lowest BCUT2D eigenvalue weighted by molar-refractivity contribution is 0.120. The van der Waals surface area contributed by atoms with Crippen LogP contribution in [0.2, 0.25) is 0 Å². The lowest BCUT2D eigenvalue weighted by atomic mass is 10.2. The number of hydrogen-bond acceptors (Lipinski definition) is 8. The lowest BCUT2D eigenvalue weighted by Crippen LogP contribution is -2.19. The van der Waals surface area contributed by atoms with Gasteiger partial charge in [0.15, 0.2) is 5.82 Å². The Bertz CT molecular complexity index is 867. The highest BCUT2D eigenvalue weighted by Crippen LogP contribution is 2.29. The third-order valence-electron chi connectivity index (χ3n) is 4.10. The van der Waals surface area contributed by atoms with Crippen molar-refractivity contribution in [3.8, 4) is 11.5 Å². The summed E-state index contributed by atoms with van der Waals surface area (Å²) in [5.74, 6) is 1.25. The topological polar surface area (TPSA) is 112 Å². The number of nitrogens with zero attached hydrogens (tertiary/aromatic N) is 2. The van der Waals surface area contributed by atoms with Gasteiger partial charge in [-0.25, -0.2) is 8.42 Å². The van der Waals surface area contributed by atoms with Gasteiger partial charge < -0.3 is 19.5 Å². The molecule has 10 heteroatoms. The van der Waals surface area contributed by atoms with Crippen LogP contribution in [0.25, 0.3) is 0 Å². The molecule has 1 fully saturated rings. The van der Waals surface area contributed by atoms with E-state index in [1.54, 1.807) is 12.1 Å². The molecule has 1 unspecified atom stereocenters. The van der Waals surface area contributed by atoms with Crippen molar-refractivity contribution in [2.45, 2.75) is 23.8 Å². The Kier molecular flexibility index (Phi) is 5.97. The van der Waals surface area contributed by atoms with Gasteiger partial charge in [-0.1, -0.05) is 0 Å². The molecule has 9 nitrogen and oxygen atoms in total. The van der Waals surface area contributed by atoms with Crippen LogP contribution in [0.5, 0.6) is 11.5 Å². The molecule has 0 spiro atoms. The van der Waals surface area contributed by atoms with Crippen molar-refractivity contribution in [3.05, 3.63) is 30.3 Å². The minimum atomic E-state index is -3.92. The number of anilines is 2. The summed E-state index contributed by atoms with van der Waals surface area (Å²) in [6.07, 6.45) is 2.25. The number of hydrogen-bond donors (Lipinski definition) is 2. The fourth-order valence-corrected chi connectivity index (χ4v) is 3.87. The van der Waals surface area contributed by atoms with Crippen molar-refractivity contribution in [2.24, 2.45) is 0 Å². The molecule has 0 aliphatic carbocycles. The van der Waals surface area contributed by atoms with Crippen LogP contribution in [-0.4, -0.2) is 52.1 Å². The maximum absolute atomic E-state index is 12.7. The van der Waals surface area contributed by atoms with E-state index in [2.05, 4.69) is 20.2 Å². The minimum Gasteiger partial charge on any atom is -0.497 e. The van der Waals surface area contributed by atoms with Crippen LogP contribution in [0.1, 0.15) is 12.8 Å². The maximum atomic E-state index is 12.7. The molecule has 146 valence electrons. The average Bonchev–Trinajstić information content (AvgIpc) is 3.20. The molecular formula is C17H22N4O5S. The number of rotatable bonds is 8. The van der Waals surface area contributed by atoms with E-state index in [1.807, 2.05) is 0 Å². The van der Waals surface area contributed by atoms with E-state index in [1.165, 1.54) is 32.4 Å². The van der Waals surface area contributed by atoms with Gasteiger partial charge in [0.2, 0.25) is 0 Å². The summed E-state index contributed by atoms with van der Waals surface area (Å²) < 4.78 is 43.5. The van der Waals surface area contributed by atoms with Crippen molar-refractivity contribution in [3.63, 3.8) is 0 Å². The molecule has 1 aromatic carbocycles. The van der Waals surface area contributed by atoms with Crippen LogP contribution < -0.4 is 19.5 Å². The molecule has 0 radical (unpaired) electrons. The van der Waals surface area contributed by atoms with E-state index < -0.39 is 10.0 Å². The maximum Gasteiger partial charge on any atom is 0.266 e. The van der Waals surface area contributed by atoms with E-state index in [-0.39, 0.29) is 22.6 Å². The van der Waals surface area contributed by atoms with Crippen molar-refractivity contribution in [1.82, 2.24) is 10.2 Å². The monoisotopic (exact) mass is 394 g/mol. The summed E-state index contributed by atoms with van der Waals surface area (Å²) in [5, 5.41) is 11.0. The van der Waals surface area contributed by atoms with Crippen LogP contribution in [0.3, 0.4) is 0 Å². The smallest absolute Gasteiger partial charge is 0.266 e. The Balaban J connectivity index is 1.70. The molecule has 2 N–H and O–H groups in total. The predicted molar refractivity (Wildman–Crippen MR) is 99.9 cm³/mol. The molecule has 1 aliphatic rings. The van der Waals surface area contributed by atoms with E-state index in [0.717, 1.165) is 19.4 Å². The Labute approximate surface area is 158 Å². The molecule has 1 aromatic heterocycles. The number of nitrogens with one attached hydrogen (secondary N) is 2. The molecule has 0 saturated carbocycles. The first-order valence-electron chi connectivity index (χ1n) is 8.46. The summed E-state index contributed by atoms with van der Waals surface area (Å²) in [6, 6.07) is 7.72. The molecule has 27 heavy (non-hydrogen) atoms. The largest absolute Gasteiger partial charge is 0.497 e. The third kappa shape index (κ3) is 4.77. The van der Waals surface area contributed by atoms with E-state index >= 15 is 0 Å². The van der Waals surface area contributed by atoms with Gasteiger partial charge in [-0.3, -0.25) is 4.72 Å². The first kappa shape index (κ1) is 19.2. The van der Waals surface area contributed by atoms with E-state index in [4.69, 9.17) is 14.2 Å². The second-order valence-corrected chi connectivity index (χ2v) is 7.59. The molecule has 1 aliphatic heterocycles. The fourth-order valence-electron chi connectivity index (χ4n) is 2.69. The zero-order valence-electron chi connectivity index (χ0n) is 15.1. The number of ether oxygens (including phenoxy) is 3. The quantitative estimate of drug-likeness (QED) is 0.698. The normalized spacial score (nSPS) is 16.7. The van der Waals surface area contributed by atoms with Gasteiger partial charge >= 0.3 is 0 Å². The zero-order chi connectivity index (χ0) is 19.3. The third-order valence-corrected chi connectivity index (χ3v) is 5.47. The minimum absolute atomic E-state index is 0.0493. The Morgan fingerprint density at radius 3 is 2.56 bits per heavy atom. The number of benzene rings is 1. The Morgan fingerprint density at radius 2 is 1.93 bits per heavy atom. The molecule has 2 heterocycles. The highest BCUT2D eigenvalue weighted by atomic mass is 32.2. The highest BCUT2D eigenvalue weighted by molar-refractivity contribution is 7.92. The van der Waals surface area contributed by atoms with Gasteiger partial charge in [-0.05, 0) is 37.1 Å². The molecule has 2 aromatic rings. The second-order valence-electron chi connectivity index (χ2n) is 5.94. The summed E-state index contributed by atoms with van der Waals surface area (Å²) in [5.41, 5.74) is 0. The number of methoxy groups -OCH3 is 2. The molecule has 1 atom stereocenters. The van der Waals surface area contributed by atoms with Crippen molar-refractivity contribution in [1.29, 1.82) is 0 Å². The van der Waals surface area contributed by atoms with E-state index in [9.17, 15) is 8.42 Å². The average molecular weight is 394 g/mol. The molecular weight excluding hydrogens is 372 g/mol. The predicted octanol–water partition coefficient (Wildman–Crippen LogP) is 1.89. The second kappa shape index (κ2) is 8.40. The van der Waals surface area contributed by atoms with E-state index in [0.29, 0.717) is 18.1 Å². The van der Waals surface area contributed by atoms with Crippen molar-refractivity contribution < 1.29 is 22.6 Å². The van der Waals surface area contributed by atoms with Gasteiger partial charge in [0.1, 0.15) is 22.2 Å². The molecule has 1 saturated heterocycles. The summed E-state index contributed by atoms with van der Waals surface area (Å²) in [6.45, 7) is 1.42. The van der Waals surface area contributed by atoms with Gasteiger partial charge in [0.25, 0.3) is 10.0 Å². The summed E-state index contributed by atoms with van der Waals surface area (Å²) >= 11 is 0. The standard InChI is InChI=1S/C17H22N4O5S/c1-24-12-5-6-14(25-2)15(10-12)27(22,23)21-17-8-7-16(19-20-17)18-11-13-4-3-9-26-13/h5-8,10,13H,3-4,9,11H2,1-2H3,(H,18,19)(H,20,21). The number of aromatic nitrogens is 2. The highest BCUT2D eigenvalue weighted by Gasteiger charge is 2.21. The Morgan fingerprint density at radius 1 is 1.15 bits per heavy atom. The lowest BCUT2D eigenvalue weighted by Gasteiger charge is -2.13. The van der Waals surface area contributed by atoms with Gasteiger partial charge in [0.05, 0.1) is 20.3 Å². The first-order chi connectivity index (χ1) is 13.0. The van der Waals surface area contributed by atoms with Crippen molar-refractivity contribution in [2.75, 3.05) is 37.4 Å². The van der Waals surface area contributed by atoms with Crippen LogP contribution in [-0.2, 0) is 14.8 Å². The Hall–Kier alpha value is -2.59. The van der Waals surface area contributed by atoms with Gasteiger partial charge in [-0.2, -0.15) is 0 Å². The van der Waals surface area contributed by atoms with Gasteiger partial charge in [-0.15, -0.1) is 10.2 Å². The fraction of sp³-hybridized carbons (Fsp3) is 0.412. The van der Waals surface area contributed by atoms with Crippen LogP contribution in [0.15, 0.2) is 35.2 Å². The SMILES string of the molecule is COc1ccc(OC)c(S(=O)(=O)Nc2ccc(NCC3CCCO3)nn2)c1. The summed E-state index contributed by atoms with van der Waals surface area (Å²) in [7, 11) is -1.07. The summed E-state index contributed by atoms with van der Waals surface area (Å²) in [4.78, 5) is -0.0493. The number of sulfonamides is 1. The molecule has 3 rings (SSSR count). The molecule has 0 amide bonds. The van der Waals surface area contributed by atoms with Gasteiger partial charge in [0, 0.05) is 19.2 Å². The van der Waals surface area contributed by atoms with Crippen molar-refractivity contribution >= 4 is 21.7 Å².